The van der Waals surface area contributed by atoms with Crippen molar-refractivity contribution >= 4 is 30.1 Å². The van der Waals surface area contributed by atoms with Crippen molar-refractivity contribution in [3.63, 3.8) is 0 Å². The van der Waals surface area contributed by atoms with Crippen LogP contribution in [0.25, 0.3) is 0 Å². The Balaban J connectivity index is 0.000000810. The van der Waals surface area contributed by atoms with Crippen molar-refractivity contribution in [2.45, 2.75) is 0 Å². The zero-order valence-corrected chi connectivity index (χ0v) is 6.26. The minimum Gasteiger partial charge on any atom is -0.463 e. The number of halogens is 2. The highest BCUT2D eigenvalue weighted by Crippen LogP contribution is 2.03. The van der Waals surface area contributed by atoms with Gasteiger partial charge in [0.1, 0.15) is 0 Å². The average molecular weight is 183 g/mol. The first kappa shape index (κ1) is 9.26. The molecule has 0 amide bonds. The fourth-order valence-corrected chi connectivity index (χ4v) is 0.542. The molecule has 1 heterocycles. The van der Waals surface area contributed by atoms with Crippen molar-refractivity contribution in [1.82, 2.24) is 9.78 Å². The van der Waals surface area contributed by atoms with Crippen LogP contribution < -0.4 is 0 Å². The fourth-order valence-electron chi connectivity index (χ4n) is 0.405. The predicted octanol–water partition coefficient (Wildman–Crippen LogP) is 1.48. The van der Waals surface area contributed by atoms with Crippen molar-refractivity contribution in [3.8, 4) is 0 Å². The van der Waals surface area contributed by atoms with Crippen molar-refractivity contribution in [1.29, 1.82) is 0 Å². The zero-order valence-electron chi connectivity index (χ0n) is 4.69. The molecule has 56 valence electrons. The number of hydrogen-bond acceptors (Lipinski definition) is 2. The second kappa shape index (κ2) is 3.43. The molecule has 4 nitrogen and oxygen atoms in total. The van der Waals surface area contributed by atoms with E-state index in [-0.39, 0.29) is 12.4 Å². The summed E-state index contributed by atoms with van der Waals surface area (Å²) in [6, 6.07) is 0. The van der Waals surface area contributed by atoms with Crippen LogP contribution in [0.15, 0.2) is 12.4 Å². The molecule has 0 atom stereocenters. The maximum Gasteiger partial charge on any atom is 0.432 e. The molecule has 1 N–H and O–H groups in total. The van der Waals surface area contributed by atoms with Gasteiger partial charge < -0.3 is 5.11 Å². The summed E-state index contributed by atoms with van der Waals surface area (Å²) in [5.41, 5.74) is 0. The summed E-state index contributed by atoms with van der Waals surface area (Å²) in [5, 5.41) is 12.0. The van der Waals surface area contributed by atoms with Crippen molar-refractivity contribution in [2.24, 2.45) is 0 Å². The Labute approximate surface area is 67.8 Å². The van der Waals surface area contributed by atoms with Gasteiger partial charge in [-0.15, -0.1) is 12.4 Å². The first-order valence-corrected chi connectivity index (χ1v) is 2.51. The third-order valence-electron chi connectivity index (χ3n) is 0.747. The average Bonchev–Trinajstić information content (AvgIpc) is 2.14. The van der Waals surface area contributed by atoms with Crippen LogP contribution in [0.2, 0.25) is 5.02 Å². The van der Waals surface area contributed by atoms with Crippen LogP contribution in [0.4, 0.5) is 4.79 Å². The maximum atomic E-state index is 10.1. The van der Waals surface area contributed by atoms with E-state index in [1.165, 1.54) is 12.4 Å². The van der Waals surface area contributed by atoms with E-state index < -0.39 is 6.09 Å². The zero-order chi connectivity index (χ0) is 6.85. The summed E-state index contributed by atoms with van der Waals surface area (Å²) in [6.07, 6.45) is 1.33. The highest BCUT2D eigenvalue weighted by Gasteiger charge is 2.00. The normalized spacial score (nSPS) is 8.50. The van der Waals surface area contributed by atoms with Crippen LogP contribution in [-0.4, -0.2) is 21.0 Å². The Morgan fingerprint density at radius 3 is 2.60 bits per heavy atom. The van der Waals surface area contributed by atoms with Gasteiger partial charge in [-0.25, -0.2) is 4.79 Å². The summed E-state index contributed by atoms with van der Waals surface area (Å²) < 4.78 is 0.738. The number of carboxylic acid groups (broad SMARTS) is 1. The molecule has 0 unspecified atom stereocenters. The molecule has 6 heteroatoms. The standard InChI is InChI=1S/C4H3ClN2O2.ClH/c5-3-1-6-7(2-3)4(8)9;/h1-2H,(H,8,9);1H. The van der Waals surface area contributed by atoms with Gasteiger partial charge in [-0.1, -0.05) is 11.6 Å². The molecule has 0 radical (unpaired) electrons. The van der Waals surface area contributed by atoms with Gasteiger partial charge in [-0.05, 0) is 0 Å². The first-order chi connectivity index (χ1) is 4.20. The molecule has 0 aliphatic rings. The number of rotatable bonds is 0. The Morgan fingerprint density at radius 2 is 2.40 bits per heavy atom. The molecule has 1 rings (SSSR count). The summed E-state index contributed by atoms with van der Waals surface area (Å²) in [7, 11) is 0. The molecule has 0 fully saturated rings. The number of carbonyl (C=O) groups is 1. The van der Waals surface area contributed by atoms with E-state index in [1.807, 2.05) is 0 Å². The molecule has 0 spiro atoms. The van der Waals surface area contributed by atoms with Crippen molar-refractivity contribution < 1.29 is 9.90 Å². The van der Waals surface area contributed by atoms with E-state index in [9.17, 15) is 4.79 Å². The van der Waals surface area contributed by atoms with Crippen LogP contribution in [0.3, 0.4) is 0 Å². The lowest BCUT2D eigenvalue weighted by Crippen LogP contribution is -2.07. The van der Waals surface area contributed by atoms with Crippen LogP contribution in [0.5, 0.6) is 0 Å². The van der Waals surface area contributed by atoms with Gasteiger partial charge in [0.05, 0.1) is 17.4 Å². The molecule has 1 aromatic heterocycles. The molecule has 10 heavy (non-hydrogen) atoms. The lowest BCUT2D eigenvalue weighted by Gasteiger charge is -1.85. The predicted molar refractivity (Wildman–Crippen MR) is 37.9 cm³/mol. The molecule has 0 aromatic carbocycles. The Morgan fingerprint density at radius 1 is 1.80 bits per heavy atom. The largest absolute Gasteiger partial charge is 0.463 e. The molecule has 0 bridgehead atoms. The van der Waals surface area contributed by atoms with Crippen molar-refractivity contribution in [2.75, 3.05) is 0 Å². The first-order valence-electron chi connectivity index (χ1n) is 2.13. The van der Waals surface area contributed by atoms with Gasteiger partial charge in [-0.2, -0.15) is 9.78 Å². The molecule has 0 aliphatic heterocycles. The van der Waals surface area contributed by atoms with Gasteiger partial charge in [0.15, 0.2) is 0 Å². The van der Waals surface area contributed by atoms with E-state index in [2.05, 4.69) is 5.10 Å². The highest BCUT2D eigenvalue weighted by molar-refractivity contribution is 6.30. The van der Waals surface area contributed by atoms with Gasteiger partial charge in [0.2, 0.25) is 0 Å². The third-order valence-corrected chi connectivity index (χ3v) is 0.942. The van der Waals surface area contributed by atoms with Crippen molar-refractivity contribution in [3.05, 3.63) is 17.4 Å². The summed E-state index contributed by atoms with van der Waals surface area (Å²) in [6.45, 7) is 0. The smallest absolute Gasteiger partial charge is 0.432 e. The van der Waals surface area contributed by atoms with Gasteiger partial charge in [-0.3, -0.25) is 0 Å². The Hall–Kier alpha value is -0.740. The minimum atomic E-state index is -1.14. The third kappa shape index (κ3) is 1.89. The second-order valence-corrected chi connectivity index (χ2v) is 1.82. The number of hydrogen-bond donors (Lipinski definition) is 1. The summed E-state index contributed by atoms with van der Waals surface area (Å²) >= 11 is 5.36. The van der Waals surface area contributed by atoms with Gasteiger partial charge in [0, 0.05) is 0 Å². The summed E-state index contributed by atoms with van der Waals surface area (Å²) in [4.78, 5) is 10.1. The Kier molecular flexibility index (Phi) is 3.18. The topological polar surface area (TPSA) is 55.1 Å². The van der Waals surface area contributed by atoms with E-state index in [0.717, 1.165) is 4.68 Å². The molecule has 0 saturated heterocycles. The fraction of sp³-hybridized carbons (Fsp3) is 0. The van der Waals surface area contributed by atoms with Crippen LogP contribution in [-0.2, 0) is 0 Å². The van der Waals surface area contributed by atoms with Gasteiger partial charge >= 0.3 is 6.09 Å². The van der Waals surface area contributed by atoms with Gasteiger partial charge in [0.25, 0.3) is 0 Å². The quantitative estimate of drug-likeness (QED) is 0.662. The van der Waals surface area contributed by atoms with E-state index in [0.29, 0.717) is 5.02 Å². The van der Waals surface area contributed by atoms with E-state index >= 15 is 0 Å². The molecular weight excluding hydrogens is 179 g/mol. The molecule has 0 saturated carbocycles. The van der Waals surface area contributed by atoms with E-state index in [1.54, 1.807) is 0 Å². The summed E-state index contributed by atoms with van der Waals surface area (Å²) in [5.74, 6) is 0. The number of aromatic nitrogens is 2. The minimum absolute atomic E-state index is 0. The highest BCUT2D eigenvalue weighted by atomic mass is 35.5. The monoisotopic (exact) mass is 182 g/mol. The number of nitrogens with zero attached hydrogens (tertiary/aromatic N) is 2. The SMILES string of the molecule is Cl.O=C(O)n1cc(Cl)cn1. The van der Waals surface area contributed by atoms with Crippen LogP contribution in [0, 0.1) is 0 Å². The molecular formula is C4H4Cl2N2O2. The lowest BCUT2D eigenvalue weighted by atomic mass is 10.7. The second-order valence-electron chi connectivity index (χ2n) is 1.39. The molecule has 0 aliphatic carbocycles. The van der Waals surface area contributed by atoms with Crippen LogP contribution >= 0.6 is 24.0 Å². The van der Waals surface area contributed by atoms with E-state index in [4.69, 9.17) is 16.7 Å². The van der Waals surface area contributed by atoms with Crippen LogP contribution in [0.1, 0.15) is 0 Å². The maximum absolute atomic E-state index is 10.1. The lowest BCUT2D eigenvalue weighted by molar-refractivity contribution is 0.192. The Bertz CT molecular complexity index is 235. The molecule has 1 aromatic rings.